The number of rotatable bonds is 4. The summed E-state index contributed by atoms with van der Waals surface area (Å²) in [5, 5.41) is 3.41. The predicted octanol–water partition coefficient (Wildman–Crippen LogP) is 1.64. The number of nitrogens with one attached hydrogen (secondary N) is 1. The van der Waals surface area contributed by atoms with Gasteiger partial charge in [-0.3, -0.25) is 9.59 Å². The zero-order chi connectivity index (χ0) is 13.3. The first-order valence-corrected chi connectivity index (χ1v) is 5.89. The number of carbonyl (C=O) groups is 2. The van der Waals surface area contributed by atoms with E-state index in [4.69, 9.17) is 11.6 Å². The first kappa shape index (κ1) is 12.8. The molecule has 1 aromatic carbocycles. The summed E-state index contributed by atoms with van der Waals surface area (Å²) in [6, 6.07) is 4.88. The molecule has 0 spiro atoms. The summed E-state index contributed by atoms with van der Waals surface area (Å²) < 4.78 is 0. The first-order valence-electron chi connectivity index (χ1n) is 5.51. The molecule has 4 nitrogen and oxygen atoms in total. The Morgan fingerprint density at radius 3 is 2.83 bits per heavy atom. The Kier molecular flexibility index (Phi) is 3.50. The van der Waals surface area contributed by atoms with E-state index in [2.05, 4.69) is 11.9 Å². The molecule has 18 heavy (non-hydrogen) atoms. The maximum Gasteiger partial charge on any atom is 0.299 e. The van der Waals surface area contributed by atoms with Crippen molar-refractivity contribution < 1.29 is 9.59 Å². The van der Waals surface area contributed by atoms with Gasteiger partial charge in [0.25, 0.3) is 11.7 Å². The van der Waals surface area contributed by atoms with Crippen molar-refractivity contribution in [3.63, 3.8) is 0 Å². The predicted molar refractivity (Wildman–Crippen MR) is 71.2 cm³/mol. The second-order valence-corrected chi connectivity index (χ2v) is 4.60. The van der Waals surface area contributed by atoms with E-state index >= 15 is 0 Å². The number of fused-ring (bicyclic) bond motifs is 1. The highest BCUT2D eigenvalue weighted by atomic mass is 35.5. The van der Waals surface area contributed by atoms with E-state index < -0.39 is 11.7 Å². The molecule has 0 aliphatic carbocycles. The first-order chi connectivity index (χ1) is 8.54. The van der Waals surface area contributed by atoms with Crippen molar-refractivity contribution in [2.24, 2.45) is 0 Å². The molecule has 1 N–H and O–H groups in total. The standard InChI is InChI=1S/C13H13ClN2O2/c1-8(6-15-2)7-16-11-4-3-9(14)5-10(11)12(17)13(16)18/h3-5,15H,1,6-7H2,2H3. The summed E-state index contributed by atoms with van der Waals surface area (Å²) in [6.45, 7) is 4.80. The van der Waals surface area contributed by atoms with Gasteiger partial charge in [0, 0.05) is 18.1 Å². The number of amides is 1. The highest BCUT2D eigenvalue weighted by molar-refractivity contribution is 6.52. The topological polar surface area (TPSA) is 49.4 Å². The second-order valence-electron chi connectivity index (χ2n) is 4.16. The molecule has 5 heteroatoms. The van der Waals surface area contributed by atoms with Crippen LogP contribution in [0.3, 0.4) is 0 Å². The highest BCUT2D eigenvalue weighted by Gasteiger charge is 2.35. The van der Waals surface area contributed by atoms with Gasteiger partial charge in [0.15, 0.2) is 0 Å². The number of Topliss-reactive ketones (excluding diaryl/α,β-unsaturated/α-hetero) is 1. The van der Waals surface area contributed by atoms with E-state index in [0.29, 0.717) is 29.4 Å². The molecule has 0 bridgehead atoms. The quantitative estimate of drug-likeness (QED) is 0.664. The van der Waals surface area contributed by atoms with E-state index in [-0.39, 0.29) is 0 Å². The normalized spacial score (nSPS) is 14.0. The number of anilines is 1. The fourth-order valence-corrected chi connectivity index (χ4v) is 2.13. The van der Waals surface area contributed by atoms with Gasteiger partial charge in [0.05, 0.1) is 11.3 Å². The van der Waals surface area contributed by atoms with Gasteiger partial charge in [-0.15, -0.1) is 0 Å². The van der Waals surface area contributed by atoms with Crippen LogP contribution in [0.5, 0.6) is 0 Å². The van der Waals surface area contributed by atoms with Crippen molar-refractivity contribution in [3.05, 3.63) is 40.9 Å². The highest BCUT2D eigenvalue weighted by Crippen LogP contribution is 2.31. The van der Waals surface area contributed by atoms with Gasteiger partial charge in [-0.2, -0.15) is 0 Å². The van der Waals surface area contributed by atoms with E-state index in [9.17, 15) is 9.59 Å². The summed E-state index contributed by atoms with van der Waals surface area (Å²) in [5.41, 5.74) is 1.80. The Bertz CT molecular complexity index is 540. The lowest BCUT2D eigenvalue weighted by Crippen LogP contribution is -2.33. The maximum absolute atomic E-state index is 11.9. The molecule has 1 aliphatic heterocycles. The van der Waals surface area contributed by atoms with Crippen molar-refractivity contribution >= 4 is 29.0 Å². The number of carbonyl (C=O) groups excluding carboxylic acids is 2. The summed E-state index contributed by atoms with van der Waals surface area (Å²) in [7, 11) is 1.80. The Hall–Kier alpha value is -1.65. The number of hydrogen-bond acceptors (Lipinski definition) is 3. The fourth-order valence-electron chi connectivity index (χ4n) is 1.96. The molecule has 0 atom stereocenters. The zero-order valence-electron chi connectivity index (χ0n) is 10.00. The van der Waals surface area contributed by atoms with Crippen molar-refractivity contribution in [2.75, 3.05) is 25.0 Å². The van der Waals surface area contributed by atoms with Crippen LogP contribution in [0.4, 0.5) is 5.69 Å². The Morgan fingerprint density at radius 2 is 2.17 bits per heavy atom. The number of halogens is 1. The average molecular weight is 265 g/mol. The van der Waals surface area contributed by atoms with Gasteiger partial charge in [0.2, 0.25) is 0 Å². The van der Waals surface area contributed by atoms with Crippen LogP contribution in [0, 0.1) is 0 Å². The average Bonchev–Trinajstić information content (AvgIpc) is 2.55. The summed E-state index contributed by atoms with van der Waals surface area (Å²) >= 11 is 5.83. The van der Waals surface area contributed by atoms with Crippen molar-refractivity contribution in [1.82, 2.24) is 5.32 Å². The molecule has 1 amide bonds. The molecular formula is C13H13ClN2O2. The van der Waals surface area contributed by atoms with E-state index in [0.717, 1.165) is 5.57 Å². The number of likely N-dealkylation sites (N-methyl/N-ethyl adjacent to an activating group) is 1. The number of nitrogens with zero attached hydrogens (tertiary/aromatic N) is 1. The van der Waals surface area contributed by atoms with Gasteiger partial charge in [-0.1, -0.05) is 18.2 Å². The molecule has 1 heterocycles. The van der Waals surface area contributed by atoms with Crippen molar-refractivity contribution in [2.45, 2.75) is 0 Å². The van der Waals surface area contributed by atoms with Crippen LogP contribution < -0.4 is 10.2 Å². The lowest BCUT2D eigenvalue weighted by molar-refractivity contribution is -0.114. The van der Waals surface area contributed by atoms with Crippen LogP contribution in [0.1, 0.15) is 10.4 Å². The van der Waals surface area contributed by atoms with Gasteiger partial charge >= 0.3 is 0 Å². The molecule has 0 fully saturated rings. The summed E-state index contributed by atoms with van der Waals surface area (Å²) in [5.74, 6) is -1.03. The van der Waals surface area contributed by atoms with Crippen LogP contribution in [-0.4, -0.2) is 31.8 Å². The Balaban J connectivity index is 2.31. The smallest absolute Gasteiger partial charge is 0.299 e. The summed E-state index contributed by atoms with van der Waals surface area (Å²) in [6.07, 6.45) is 0. The molecular weight excluding hydrogens is 252 g/mol. The van der Waals surface area contributed by atoms with Crippen LogP contribution in [0.2, 0.25) is 5.02 Å². The molecule has 1 aliphatic rings. The lowest BCUT2D eigenvalue weighted by Gasteiger charge is -2.17. The monoisotopic (exact) mass is 264 g/mol. The van der Waals surface area contributed by atoms with Crippen molar-refractivity contribution in [1.29, 1.82) is 0 Å². The molecule has 94 valence electrons. The van der Waals surface area contributed by atoms with Crippen LogP contribution >= 0.6 is 11.6 Å². The van der Waals surface area contributed by atoms with Crippen LogP contribution in [0.15, 0.2) is 30.4 Å². The number of benzene rings is 1. The largest absolute Gasteiger partial charge is 0.316 e. The summed E-state index contributed by atoms with van der Waals surface area (Å²) in [4.78, 5) is 25.1. The number of hydrogen-bond donors (Lipinski definition) is 1. The van der Waals surface area contributed by atoms with Gasteiger partial charge < -0.3 is 10.2 Å². The minimum Gasteiger partial charge on any atom is -0.316 e. The molecule has 0 saturated carbocycles. The third kappa shape index (κ3) is 2.17. The second kappa shape index (κ2) is 4.92. The third-order valence-electron chi connectivity index (χ3n) is 2.74. The van der Waals surface area contributed by atoms with Crippen molar-refractivity contribution in [3.8, 4) is 0 Å². The van der Waals surface area contributed by atoms with Gasteiger partial charge in [0.1, 0.15) is 0 Å². The molecule has 1 aromatic rings. The Labute approximate surface area is 110 Å². The molecule has 2 rings (SSSR count). The molecule has 0 radical (unpaired) electrons. The molecule has 0 aromatic heterocycles. The number of ketones is 1. The van der Waals surface area contributed by atoms with Crippen LogP contribution in [-0.2, 0) is 4.79 Å². The van der Waals surface area contributed by atoms with Gasteiger partial charge in [-0.25, -0.2) is 0 Å². The minimum absolute atomic E-state index is 0.333. The molecule has 0 saturated heterocycles. The van der Waals surface area contributed by atoms with E-state index in [1.807, 2.05) is 0 Å². The minimum atomic E-state index is -0.524. The Morgan fingerprint density at radius 1 is 1.44 bits per heavy atom. The zero-order valence-corrected chi connectivity index (χ0v) is 10.8. The lowest BCUT2D eigenvalue weighted by atomic mass is 10.1. The SMILES string of the molecule is C=C(CNC)CN1C(=O)C(=O)c2cc(Cl)ccc21. The third-order valence-corrected chi connectivity index (χ3v) is 2.98. The van der Waals surface area contributed by atoms with E-state index in [1.165, 1.54) is 11.0 Å². The maximum atomic E-state index is 11.9. The van der Waals surface area contributed by atoms with Gasteiger partial charge in [-0.05, 0) is 30.8 Å². The molecule has 0 unspecified atom stereocenters. The fraction of sp³-hybridized carbons (Fsp3) is 0.231. The van der Waals surface area contributed by atoms with Crippen LogP contribution in [0.25, 0.3) is 0 Å². The van der Waals surface area contributed by atoms with E-state index in [1.54, 1.807) is 19.2 Å².